The number of hydrogen-bond donors (Lipinski definition) is 1. The van der Waals surface area contributed by atoms with E-state index in [0.717, 1.165) is 0 Å². The number of aromatic nitrogens is 3. The van der Waals surface area contributed by atoms with E-state index in [-0.39, 0.29) is 24.3 Å². The lowest BCUT2D eigenvalue weighted by atomic mass is 10.1. The monoisotopic (exact) mass is 373 g/mol. The second-order valence-electron chi connectivity index (χ2n) is 6.25. The van der Waals surface area contributed by atoms with Gasteiger partial charge in [-0.25, -0.2) is 0 Å². The molecule has 1 aromatic carbocycles. The first-order chi connectivity index (χ1) is 13.2. The van der Waals surface area contributed by atoms with E-state index in [1.54, 1.807) is 53.5 Å². The molecule has 2 amide bonds. The summed E-state index contributed by atoms with van der Waals surface area (Å²) in [5.41, 5.74) is 0.654. The number of hydrogen-bond acceptors (Lipinski definition) is 6. The van der Waals surface area contributed by atoms with Gasteiger partial charge in [0.2, 0.25) is 11.8 Å². The number of methoxy groups -OCH3 is 1. The summed E-state index contributed by atoms with van der Waals surface area (Å²) in [6.07, 6.45) is 3.65. The largest absolute Gasteiger partial charge is 0.497 e. The number of nitrogens with one attached hydrogen (secondary N) is 1. The summed E-state index contributed by atoms with van der Waals surface area (Å²) in [4.78, 5) is 26.8. The van der Waals surface area contributed by atoms with Crippen LogP contribution in [0.3, 0.4) is 0 Å². The van der Waals surface area contributed by atoms with Crippen molar-refractivity contribution in [3.05, 3.63) is 36.9 Å². The van der Waals surface area contributed by atoms with Gasteiger partial charge in [0.25, 0.3) is 0 Å². The van der Waals surface area contributed by atoms with Crippen molar-refractivity contribution in [2.24, 2.45) is 0 Å². The molecule has 1 N–H and O–H groups in total. The van der Waals surface area contributed by atoms with Crippen LogP contribution in [0.4, 0.5) is 5.69 Å². The van der Waals surface area contributed by atoms with Crippen LogP contribution in [0.2, 0.25) is 0 Å². The number of ether oxygens (including phenoxy) is 2. The van der Waals surface area contributed by atoms with Gasteiger partial charge in [-0.15, -0.1) is 10.2 Å². The summed E-state index contributed by atoms with van der Waals surface area (Å²) in [6.45, 7) is 1.82. The number of anilines is 1. The molecular weight excluding hydrogens is 350 g/mol. The molecule has 1 aliphatic rings. The molecule has 1 atom stereocenters. The smallest absolute Gasteiger partial charge is 0.226 e. The number of rotatable bonds is 7. The van der Waals surface area contributed by atoms with E-state index in [1.807, 2.05) is 0 Å². The molecule has 0 saturated carbocycles. The standard InChI is InChI=1S/C18H23N5O4/c1-26-16-4-2-3-14(9-16)21-17(24)10-15-11-27-8-7-23(15)18(25)5-6-22-12-19-20-13-22/h2-4,9,12-13,15H,5-8,10-11H2,1H3,(H,21,24)/t15-/m0/s1. The summed E-state index contributed by atoms with van der Waals surface area (Å²) < 4.78 is 12.4. The Morgan fingerprint density at radius 3 is 2.93 bits per heavy atom. The van der Waals surface area contributed by atoms with Gasteiger partial charge in [0.15, 0.2) is 0 Å². The Morgan fingerprint density at radius 2 is 2.15 bits per heavy atom. The summed E-state index contributed by atoms with van der Waals surface area (Å²) in [5.74, 6) is 0.487. The van der Waals surface area contributed by atoms with Gasteiger partial charge in [0.1, 0.15) is 18.4 Å². The van der Waals surface area contributed by atoms with Crippen LogP contribution in [-0.2, 0) is 20.9 Å². The highest BCUT2D eigenvalue weighted by molar-refractivity contribution is 5.91. The molecule has 27 heavy (non-hydrogen) atoms. The molecule has 1 aromatic heterocycles. The van der Waals surface area contributed by atoms with E-state index in [1.165, 1.54) is 0 Å². The van der Waals surface area contributed by atoms with E-state index in [2.05, 4.69) is 15.5 Å². The molecule has 1 aliphatic heterocycles. The molecule has 0 spiro atoms. The normalized spacial score (nSPS) is 16.8. The minimum absolute atomic E-state index is 0.00817. The topological polar surface area (TPSA) is 98.6 Å². The number of nitrogens with zero attached hydrogens (tertiary/aromatic N) is 4. The molecule has 3 rings (SSSR count). The lowest BCUT2D eigenvalue weighted by Gasteiger charge is -2.35. The Morgan fingerprint density at radius 1 is 1.33 bits per heavy atom. The van der Waals surface area contributed by atoms with Crippen molar-refractivity contribution in [3.8, 4) is 5.75 Å². The van der Waals surface area contributed by atoms with Crippen LogP contribution in [-0.4, -0.2) is 64.4 Å². The second-order valence-corrected chi connectivity index (χ2v) is 6.25. The van der Waals surface area contributed by atoms with Crippen molar-refractivity contribution >= 4 is 17.5 Å². The molecule has 0 bridgehead atoms. The van der Waals surface area contributed by atoms with Gasteiger partial charge in [-0.2, -0.15) is 0 Å². The number of benzene rings is 1. The van der Waals surface area contributed by atoms with Crippen LogP contribution in [0, 0.1) is 0 Å². The Hall–Kier alpha value is -2.94. The van der Waals surface area contributed by atoms with E-state index < -0.39 is 0 Å². The van der Waals surface area contributed by atoms with Gasteiger partial charge in [-0.05, 0) is 12.1 Å². The molecular formula is C18H23N5O4. The van der Waals surface area contributed by atoms with Crippen molar-refractivity contribution in [1.82, 2.24) is 19.7 Å². The average Bonchev–Trinajstić information content (AvgIpc) is 3.20. The minimum atomic E-state index is -0.280. The van der Waals surface area contributed by atoms with Gasteiger partial charge in [0, 0.05) is 37.7 Å². The Balaban J connectivity index is 1.55. The third-order valence-electron chi connectivity index (χ3n) is 4.37. The van der Waals surface area contributed by atoms with Crippen LogP contribution >= 0.6 is 0 Å². The molecule has 144 valence electrons. The average molecular weight is 373 g/mol. The highest BCUT2D eigenvalue weighted by atomic mass is 16.5. The molecule has 0 aliphatic carbocycles. The fourth-order valence-corrected chi connectivity index (χ4v) is 2.99. The van der Waals surface area contributed by atoms with Crippen molar-refractivity contribution in [3.63, 3.8) is 0 Å². The fourth-order valence-electron chi connectivity index (χ4n) is 2.99. The van der Waals surface area contributed by atoms with Crippen LogP contribution < -0.4 is 10.1 Å². The van der Waals surface area contributed by atoms with E-state index in [4.69, 9.17) is 9.47 Å². The summed E-state index contributed by atoms with van der Waals surface area (Å²) in [6, 6.07) is 6.87. The molecule has 9 nitrogen and oxygen atoms in total. The summed E-state index contributed by atoms with van der Waals surface area (Å²) in [5, 5.41) is 10.3. The first kappa shape index (κ1) is 18.8. The van der Waals surface area contributed by atoms with E-state index >= 15 is 0 Å². The Labute approximate surface area is 157 Å². The molecule has 1 fully saturated rings. The second kappa shape index (κ2) is 9.13. The zero-order valence-corrected chi connectivity index (χ0v) is 15.2. The Bertz CT molecular complexity index is 765. The van der Waals surface area contributed by atoms with Crippen LogP contribution in [0.5, 0.6) is 5.75 Å². The molecule has 2 aromatic rings. The highest BCUT2D eigenvalue weighted by Gasteiger charge is 2.29. The zero-order chi connectivity index (χ0) is 19.1. The minimum Gasteiger partial charge on any atom is -0.497 e. The molecule has 0 unspecified atom stereocenters. The van der Waals surface area contributed by atoms with Gasteiger partial charge in [-0.1, -0.05) is 6.07 Å². The van der Waals surface area contributed by atoms with Gasteiger partial charge in [0.05, 0.1) is 26.4 Å². The first-order valence-corrected chi connectivity index (χ1v) is 8.79. The third-order valence-corrected chi connectivity index (χ3v) is 4.37. The maximum atomic E-state index is 12.6. The quantitative estimate of drug-likeness (QED) is 0.775. The van der Waals surface area contributed by atoms with Crippen molar-refractivity contribution < 1.29 is 19.1 Å². The van der Waals surface area contributed by atoms with Gasteiger partial charge in [-0.3, -0.25) is 9.59 Å². The van der Waals surface area contributed by atoms with Gasteiger partial charge < -0.3 is 24.3 Å². The third kappa shape index (κ3) is 5.27. The van der Waals surface area contributed by atoms with E-state index in [9.17, 15) is 9.59 Å². The van der Waals surface area contributed by atoms with E-state index in [0.29, 0.717) is 44.2 Å². The van der Waals surface area contributed by atoms with Crippen LogP contribution in [0.1, 0.15) is 12.8 Å². The molecule has 0 radical (unpaired) electrons. The maximum Gasteiger partial charge on any atom is 0.226 e. The lowest BCUT2D eigenvalue weighted by Crippen LogP contribution is -2.50. The fraction of sp³-hybridized carbons (Fsp3) is 0.444. The number of aryl methyl sites for hydroxylation is 1. The SMILES string of the molecule is COc1cccc(NC(=O)C[C@H]2COCCN2C(=O)CCn2cnnc2)c1. The first-order valence-electron chi connectivity index (χ1n) is 8.79. The van der Waals surface area contributed by atoms with Gasteiger partial charge >= 0.3 is 0 Å². The number of amides is 2. The number of carbonyl (C=O) groups excluding carboxylic acids is 2. The molecule has 9 heteroatoms. The zero-order valence-electron chi connectivity index (χ0n) is 15.2. The summed E-state index contributed by atoms with van der Waals surface area (Å²) in [7, 11) is 1.57. The van der Waals surface area contributed by atoms with Crippen molar-refractivity contribution in [2.45, 2.75) is 25.4 Å². The van der Waals surface area contributed by atoms with Crippen LogP contribution in [0.25, 0.3) is 0 Å². The maximum absolute atomic E-state index is 12.6. The lowest BCUT2D eigenvalue weighted by molar-refractivity contribution is -0.141. The van der Waals surface area contributed by atoms with Crippen LogP contribution in [0.15, 0.2) is 36.9 Å². The molecule has 2 heterocycles. The summed E-state index contributed by atoms with van der Waals surface area (Å²) >= 11 is 0. The molecule has 1 saturated heterocycles. The Kier molecular flexibility index (Phi) is 6.37. The number of morpholine rings is 1. The van der Waals surface area contributed by atoms with Crippen molar-refractivity contribution in [1.29, 1.82) is 0 Å². The van der Waals surface area contributed by atoms with Crippen molar-refractivity contribution in [2.75, 3.05) is 32.2 Å². The predicted molar refractivity (Wildman–Crippen MR) is 97.2 cm³/mol. The highest BCUT2D eigenvalue weighted by Crippen LogP contribution is 2.18. The number of carbonyl (C=O) groups is 2. The predicted octanol–water partition coefficient (Wildman–Crippen LogP) is 0.933.